The summed E-state index contributed by atoms with van der Waals surface area (Å²) in [6.45, 7) is 2.26. The molecule has 2 aromatic carbocycles. The lowest BCUT2D eigenvalue weighted by Gasteiger charge is -2.07. The zero-order valence-corrected chi connectivity index (χ0v) is 17.3. The van der Waals surface area contributed by atoms with Crippen LogP contribution in [-0.2, 0) is 13.2 Å². The predicted molar refractivity (Wildman–Crippen MR) is 113 cm³/mol. The van der Waals surface area contributed by atoms with Crippen molar-refractivity contribution in [2.75, 3.05) is 5.32 Å². The van der Waals surface area contributed by atoms with E-state index in [1.807, 2.05) is 0 Å². The number of benzene rings is 2. The van der Waals surface area contributed by atoms with Crippen LogP contribution in [0.2, 0.25) is 5.02 Å². The van der Waals surface area contributed by atoms with Crippen molar-refractivity contribution in [3.05, 3.63) is 94.2 Å². The van der Waals surface area contributed by atoms with E-state index in [-0.39, 0.29) is 18.1 Å². The van der Waals surface area contributed by atoms with E-state index in [0.29, 0.717) is 34.5 Å². The zero-order valence-electron chi connectivity index (χ0n) is 16.5. The number of amides is 1. The quantitative estimate of drug-likeness (QED) is 0.444. The first-order valence-electron chi connectivity index (χ1n) is 9.41. The number of halogens is 2. The van der Waals surface area contributed by atoms with E-state index in [2.05, 4.69) is 15.6 Å². The van der Waals surface area contributed by atoms with Crippen molar-refractivity contribution < 1.29 is 18.4 Å². The van der Waals surface area contributed by atoms with Gasteiger partial charge in [0.1, 0.15) is 23.9 Å². The third-order valence-corrected chi connectivity index (χ3v) is 4.79. The maximum Gasteiger partial charge on any atom is 0.279 e. The molecule has 158 valence electrons. The number of carbonyl (C=O) groups is 1. The van der Waals surface area contributed by atoms with Crippen LogP contribution in [-0.4, -0.2) is 20.8 Å². The van der Waals surface area contributed by atoms with Crippen LogP contribution in [0, 0.1) is 12.7 Å². The van der Waals surface area contributed by atoms with E-state index >= 15 is 0 Å². The topological polar surface area (TPSA) is 82.2 Å². The minimum absolute atomic E-state index is 0.110. The molecule has 2 heterocycles. The van der Waals surface area contributed by atoms with Crippen LogP contribution in [0.5, 0.6) is 5.75 Å². The van der Waals surface area contributed by atoms with E-state index in [9.17, 15) is 9.18 Å². The van der Waals surface area contributed by atoms with Crippen LogP contribution in [0.1, 0.15) is 27.4 Å². The highest BCUT2D eigenvalue weighted by Gasteiger charge is 2.21. The van der Waals surface area contributed by atoms with Gasteiger partial charge in [-0.3, -0.25) is 9.48 Å². The van der Waals surface area contributed by atoms with Crippen molar-refractivity contribution in [2.24, 2.45) is 0 Å². The molecule has 4 rings (SSSR count). The lowest BCUT2D eigenvalue weighted by molar-refractivity contribution is 0.101. The molecule has 1 N–H and O–H groups in total. The normalized spacial score (nSPS) is 10.8. The van der Waals surface area contributed by atoms with Crippen LogP contribution in [0.4, 0.5) is 10.2 Å². The number of rotatable bonds is 7. The van der Waals surface area contributed by atoms with E-state index in [0.717, 1.165) is 5.56 Å². The monoisotopic (exact) mass is 440 g/mol. The molecular weight excluding hydrogens is 423 g/mol. The summed E-state index contributed by atoms with van der Waals surface area (Å²) in [5, 5.41) is 11.5. The van der Waals surface area contributed by atoms with Crippen molar-refractivity contribution in [3.8, 4) is 5.75 Å². The van der Waals surface area contributed by atoms with Gasteiger partial charge >= 0.3 is 0 Å². The van der Waals surface area contributed by atoms with E-state index in [4.69, 9.17) is 20.9 Å². The number of ether oxygens (including phenoxy) is 1. The molecule has 0 fully saturated rings. The highest BCUT2D eigenvalue weighted by molar-refractivity contribution is 6.30. The van der Waals surface area contributed by atoms with Gasteiger partial charge in [-0.05, 0) is 48.9 Å². The average molecular weight is 441 g/mol. The van der Waals surface area contributed by atoms with Crippen molar-refractivity contribution in [1.82, 2.24) is 14.9 Å². The fourth-order valence-electron chi connectivity index (χ4n) is 2.89. The second-order valence-corrected chi connectivity index (χ2v) is 7.22. The third kappa shape index (κ3) is 5.10. The Labute approximate surface area is 182 Å². The number of nitrogens with zero attached hydrogens (tertiary/aromatic N) is 3. The summed E-state index contributed by atoms with van der Waals surface area (Å²) in [7, 11) is 0. The van der Waals surface area contributed by atoms with E-state index in [1.54, 1.807) is 60.3 Å². The van der Waals surface area contributed by atoms with Crippen LogP contribution >= 0.6 is 11.6 Å². The van der Waals surface area contributed by atoms with Crippen LogP contribution in [0.25, 0.3) is 0 Å². The molecule has 0 aliphatic rings. The van der Waals surface area contributed by atoms with E-state index in [1.165, 1.54) is 12.1 Å². The van der Waals surface area contributed by atoms with Crippen molar-refractivity contribution in [1.29, 1.82) is 0 Å². The van der Waals surface area contributed by atoms with Crippen molar-refractivity contribution in [3.63, 3.8) is 0 Å². The molecule has 0 aliphatic heterocycles. The Kier molecular flexibility index (Phi) is 5.99. The molecule has 0 radical (unpaired) electrons. The SMILES string of the molecule is Cc1onc(C(=O)Nc2ccn(Cc3ccc(F)cc3)n2)c1COc1ccc(Cl)cc1. The van der Waals surface area contributed by atoms with Crippen LogP contribution < -0.4 is 10.1 Å². The van der Waals surface area contributed by atoms with Crippen LogP contribution in [0.15, 0.2) is 65.3 Å². The Bertz CT molecular complexity index is 1190. The second-order valence-electron chi connectivity index (χ2n) is 6.79. The fraction of sp³-hybridized carbons (Fsp3) is 0.136. The Morgan fingerprint density at radius 2 is 1.90 bits per heavy atom. The van der Waals surface area contributed by atoms with Gasteiger partial charge in [-0.2, -0.15) is 5.10 Å². The molecule has 0 bridgehead atoms. The van der Waals surface area contributed by atoms with Gasteiger partial charge in [-0.15, -0.1) is 0 Å². The van der Waals surface area contributed by atoms with Gasteiger partial charge in [0.15, 0.2) is 11.5 Å². The first-order chi connectivity index (χ1) is 15.0. The highest BCUT2D eigenvalue weighted by Crippen LogP contribution is 2.20. The summed E-state index contributed by atoms with van der Waals surface area (Å²) in [6, 6.07) is 14.7. The minimum atomic E-state index is -0.460. The standard InChI is InChI=1S/C22H18ClFN4O3/c1-14-19(13-30-18-8-4-16(23)5-9-18)21(27-31-14)22(29)25-20-10-11-28(26-20)12-15-2-6-17(24)7-3-15/h2-11H,12-13H2,1H3,(H,25,26,29). The molecule has 7 nitrogen and oxygen atoms in total. The van der Waals surface area contributed by atoms with Crippen molar-refractivity contribution >= 4 is 23.3 Å². The molecule has 0 saturated carbocycles. The molecule has 4 aromatic rings. The van der Waals surface area contributed by atoms with E-state index < -0.39 is 5.91 Å². The van der Waals surface area contributed by atoms with Gasteiger partial charge in [0.05, 0.1) is 12.1 Å². The number of aryl methyl sites for hydroxylation is 1. The molecule has 0 atom stereocenters. The molecule has 0 spiro atoms. The third-order valence-electron chi connectivity index (χ3n) is 4.54. The Hall–Kier alpha value is -3.65. The summed E-state index contributed by atoms with van der Waals surface area (Å²) in [5.41, 5.74) is 1.55. The summed E-state index contributed by atoms with van der Waals surface area (Å²) < 4.78 is 25.6. The molecule has 31 heavy (non-hydrogen) atoms. The van der Waals surface area contributed by atoms with Gasteiger partial charge in [0.25, 0.3) is 5.91 Å². The van der Waals surface area contributed by atoms with Gasteiger partial charge < -0.3 is 14.6 Å². The Balaban J connectivity index is 1.41. The summed E-state index contributed by atoms with van der Waals surface area (Å²) >= 11 is 5.88. The first-order valence-corrected chi connectivity index (χ1v) is 9.78. The summed E-state index contributed by atoms with van der Waals surface area (Å²) in [5.74, 6) is 0.698. The first kappa shape index (κ1) is 20.6. The smallest absolute Gasteiger partial charge is 0.279 e. The lowest BCUT2D eigenvalue weighted by atomic mass is 10.2. The minimum Gasteiger partial charge on any atom is -0.489 e. The van der Waals surface area contributed by atoms with Gasteiger partial charge in [-0.25, -0.2) is 4.39 Å². The van der Waals surface area contributed by atoms with Crippen LogP contribution in [0.3, 0.4) is 0 Å². The molecule has 9 heteroatoms. The largest absolute Gasteiger partial charge is 0.489 e. The number of hydrogen-bond acceptors (Lipinski definition) is 5. The number of aromatic nitrogens is 3. The fourth-order valence-corrected chi connectivity index (χ4v) is 3.02. The average Bonchev–Trinajstić information content (AvgIpc) is 3.35. The van der Waals surface area contributed by atoms with Gasteiger partial charge in [0.2, 0.25) is 0 Å². The second kappa shape index (κ2) is 9.01. The van der Waals surface area contributed by atoms with Crippen molar-refractivity contribution in [2.45, 2.75) is 20.1 Å². The van der Waals surface area contributed by atoms with Gasteiger partial charge in [0, 0.05) is 17.3 Å². The number of anilines is 1. The predicted octanol–water partition coefficient (Wildman–Crippen LogP) is 4.85. The summed E-state index contributed by atoms with van der Waals surface area (Å²) in [6.07, 6.45) is 1.72. The number of nitrogens with one attached hydrogen (secondary N) is 1. The molecule has 2 aromatic heterocycles. The van der Waals surface area contributed by atoms with Gasteiger partial charge in [-0.1, -0.05) is 28.9 Å². The maximum atomic E-state index is 13.0. The number of hydrogen-bond donors (Lipinski definition) is 1. The molecule has 0 unspecified atom stereocenters. The summed E-state index contributed by atoms with van der Waals surface area (Å²) in [4.78, 5) is 12.7. The zero-order chi connectivity index (χ0) is 21.8. The Morgan fingerprint density at radius 3 is 2.65 bits per heavy atom. The highest BCUT2D eigenvalue weighted by atomic mass is 35.5. The Morgan fingerprint density at radius 1 is 1.16 bits per heavy atom. The molecule has 1 amide bonds. The molecule has 0 saturated heterocycles. The molecular formula is C22H18ClFN4O3. The lowest BCUT2D eigenvalue weighted by Crippen LogP contribution is -2.16. The number of carbonyl (C=O) groups excluding carboxylic acids is 1. The maximum absolute atomic E-state index is 13.0. The molecule has 0 aliphatic carbocycles.